The summed E-state index contributed by atoms with van der Waals surface area (Å²) in [5.41, 5.74) is 3.81. The second-order valence-corrected chi connectivity index (χ2v) is 4.62. The van der Waals surface area contributed by atoms with Gasteiger partial charge >= 0.3 is 0 Å². The molecule has 1 aromatic rings. The topological polar surface area (TPSA) is 78.7 Å². The summed E-state index contributed by atoms with van der Waals surface area (Å²) in [4.78, 5) is 27.3. The Kier molecular flexibility index (Phi) is 4.01. The zero-order chi connectivity index (χ0) is 13.8. The van der Waals surface area contributed by atoms with Crippen molar-refractivity contribution in [3.05, 3.63) is 29.8 Å². The molecule has 1 aliphatic heterocycles. The summed E-state index contributed by atoms with van der Waals surface area (Å²) < 4.78 is 0. The molecule has 6 heteroatoms. The first-order chi connectivity index (χ1) is 9.11. The highest BCUT2D eigenvalue weighted by molar-refractivity contribution is 5.96. The molecule has 0 atom stereocenters. The monoisotopic (exact) mass is 262 g/mol. The first kappa shape index (κ1) is 13.4. The lowest BCUT2D eigenvalue weighted by atomic mass is 10.2. The number of rotatable bonds is 2. The largest absolute Gasteiger partial charge is 0.344 e. The number of carbonyl (C=O) groups excluding carboxylic acids is 2. The summed E-state index contributed by atoms with van der Waals surface area (Å²) in [6.07, 6.45) is 0.802. The van der Waals surface area contributed by atoms with Crippen molar-refractivity contribution in [3.8, 4) is 0 Å². The van der Waals surface area contributed by atoms with Gasteiger partial charge in [-0.05, 0) is 30.7 Å². The summed E-state index contributed by atoms with van der Waals surface area (Å²) in [7, 11) is 1.76. The van der Waals surface area contributed by atoms with Gasteiger partial charge in [0.05, 0.1) is 0 Å². The quantitative estimate of drug-likeness (QED) is 0.592. The third-order valence-corrected chi connectivity index (χ3v) is 3.26. The van der Waals surface area contributed by atoms with Crippen molar-refractivity contribution in [1.29, 1.82) is 0 Å². The van der Waals surface area contributed by atoms with Crippen molar-refractivity contribution in [2.24, 2.45) is 5.84 Å². The minimum absolute atomic E-state index is 0.0221. The Hall–Kier alpha value is -2.08. The Labute approximate surface area is 112 Å². The average Bonchev–Trinajstić information content (AvgIpc) is 2.60. The molecule has 0 saturated carbocycles. The van der Waals surface area contributed by atoms with Crippen molar-refractivity contribution < 1.29 is 9.59 Å². The summed E-state index contributed by atoms with van der Waals surface area (Å²) >= 11 is 0. The van der Waals surface area contributed by atoms with E-state index in [1.807, 2.05) is 0 Å². The number of hydrogen-bond donors (Lipinski definition) is 2. The van der Waals surface area contributed by atoms with Crippen LogP contribution in [0.25, 0.3) is 0 Å². The molecular weight excluding hydrogens is 244 g/mol. The number of anilines is 1. The molecule has 0 spiro atoms. The Morgan fingerprint density at radius 1 is 1.26 bits per heavy atom. The molecule has 0 unspecified atom stereocenters. The lowest BCUT2D eigenvalue weighted by Crippen LogP contribution is -2.38. The van der Waals surface area contributed by atoms with Crippen molar-refractivity contribution in [2.75, 3.05) is 32.1 Å². The van der Waals surface area contributed by atoms with Gasteiger partial charge in [-0.3, -0.25) is 15.4 Å². The molecule has 0 radical (unpaired) electrons. The van der Waals surface area contributed by atoms with Gasteiger partial charge in [-0.1, -0.05) is 0 Å². The van der Waals surface area contributed by atoms with Gasteiger partial charge in [0.15, 0.2) is 0 Å². The number of carbonyl (C=O) groups is 2. The van der Waals surface area contributed by atoms with E-state index in [4.69, 9.17) is 5.84 Å². The Bertz CT molecular complexity index is 472. The van der Waals surface area contributed by atoms with Crippen LogP contribution in [-0.4, -0.2) is 48.3 Å². The number of benzene rings is 1. The fraction of sp³-hybridized carbons (Fsp3) is 0.385. The van der Waals surface area contributed by atoms with Crippen LogP contribution >= 0.6 is 0 Å². The minimum Gasteiger partial charge on any atom is -0.344 e. The maximum atomic E-state index is 12.3. The molecule has 2 rings (SSSR count). The predicted molar refractivity (Wildman–Crippen MR) is 72.4 cm³/mol. The van der Waals surface area contributed by atoms with E-state index < -0.39 is 0 Å². The van der Waals surface area contributed by atoms with Crippen LogP contribution in [0.15, 0.2) is 24.3 Å². The Morgan fingerprint density at radius 2 is 1.95 bits per heavy atom. The molecule has 1 aliphatic rings. The van der Waals surface area contributed by atoms with Gasteiger partial charge in [0.1, 0.15) is 6.54 Å². The maximum Gasteiger partial charge on any atom is 0.254 e. The summed E-state index contributed by atoms with van der Waals surface area (Å²) in [6.45, 7) is 1.44. The number of nitrogens with zero attached hydrogens (tertiary/aromatic N) is 2. The fourth-order valence-electron chi connectivity index (χ4n) is 2.05. The van der Waals surface area contributed by atoms with Crippen LogP contribution in [-0.2, 0) is 4.79 Å². The number of likely N-dealkylation sites (N-methyl/N-ethyl adjacent to an activating group) is 1. The van der Waals surface area contributed by atoms with Crippen molar-refractivity contribution in [2.45, 2.75) is 6.42 Å². The predicted octanol–water partition coefficient (Wildman–Crippen LogP) is 0.276. The highest BCUT2D eigenvalue weighted by Gasteiger charge is 2.23. The molecule has 2 amide bonds. The van der Waals surface area contributed by atoms with Crippen molar-refractivity contribution in [3.63, 3.8) is 0 Å². The van der Waals surface area contributed by atoms with E-state index in [0.29, 0.717) is 18.7 Å². The second-order valence-electron chi connectivity index (χ2n) is 4.62. The molecular formula is C13H18N4O2. The van der Waals surface area contributed by atoms with Gasteiger partial charge in [0.2, 0.25) is 5.91 Å². The summed E-state index contributed by atoms with van der Waals surface area (Å²) in [6, 6.07) is 6.88. The number of amides is 2. The highest BCUT2D eigenvalue weighted by atomic mass is 16.2. The van der Waals surface area contributed by atoms with Gasteiger partial charge in [0.25, 0.3) is 5.91 Å². The zero-order valence-corrected chi connectivity index (χ0v) is 10.9. The summed E-state index contributed by atoms with van der Waals surface area (Å²) in [5, 5.41) is 0. The van der Waals surface area contributed by atoms with E-state index in [0.717, 1.165) is 12.1 Å². The molecule has 0 aliphatic carbocycles. The fourth-order valence-corrected chi connectivity index (χ4v) is 2.05. The summed E-state index contributed by atoms with van der Waals surface area (Å²) in [5.74, 6) is 5.14. The minimum atomic E-state index is -0.118. The molecule has 0 bridgehead atoms. The van der Waals surface area contributed by atoms with Gasteiger partial charge in [-0.25, -0.2) is 0 Å². The van der Waals surface area contributed by atoms with E-state index in [2.05, 4.69) is 5.43 Å². The van der Waals surface area contributed by atoms with Gasteiger partial charge in [-0.15, -0.1) is 0 Å². The van der Waals surface area contributed by atoms with E-state index in [-0.39, 0.29) is 18.4 Å². The first-order valence-corrected chi connectivity index (χ1v) is 6.21. The van der Waals surface area contributed by atoms with Crippen LogP contribution in [0.1, 0.15) is 16.8 Å². The van der Waals surface area contributed by atoms with Crippen LogP contribution in [0.5, 0.6) is 0 Å². The third-order valence-electron chi connectivity index (χ3n) is 3.26. The van der Waals surface area contributed by atoms with Crippen molar-refractivity contribution >= 4 is 17.5 Å². The smallest absolute Gasteiger partial charge is 0.254 e. The number of hydrogen-bond acceptors (Lipinski definition) is 4. The van der Waals surface area contributed by atoms with Crippen molar-refractivity contribution in [1.82, 2.24) is 9.80 Å². The number of nitrogens with two attached hydrogens (primary N) is 1. The van der Waals surface area contributed by atoms with Crippen LogP contribution in [0.3, 0.4) is 0 Å². The van der Waals surface area contributed by atoms with E-state index in [1.165, 1.54) is 0 Å². The molecule has 1 fully saturated rings. The number of nitrogen functional groups attached to an aromatic ring is 1. The molecule has 0 aromatic heterocycles. The maximum absolute atomic E-state index is 12.3. The first-order valence-electron chi connectivity index (χ1n) is 6.21. The van der Waals surface area contributed by atoms with E-state index >= 15 is 0 Å². The second kappa shape index (κ2) is 5.71. The molecule has 3 N–H and O–H groups in total. The molecule has 19 heavy (non-hydrogen) atoms. The zero-order valence-electron chi connectivity index (χ0n) is 10.9. The van der Waals surface area contributed by atoms with Crippen LogP contribution in [0.4, 0.5) is 5.69 Å². The molecule has 1 aromatic carbocycles. The molecule has 1 saturated heterocycles. The van der Waals surface area contributed by atoms with Crippen LogP contribution in [0, 0.1) is 0 Å². The lowest BCUT2D eigenvalue weighted by Gasteiger charge is -2.19. The van der Waals surface area contributed by atoms with Crippen LogP contribution in [0.2, 0.25) is 0 Å². The van der Waals surface area contributed by atoms with Gasteiger partial charge < -0.3 is 15.2 Å². The Balaban J connectivity index is 2.11. The highest BCUT2D eigenvalue weighted by Crippen LogP contribution is 2.12. The third kappa shape index (κ3) is 3.03. The van der Waals surface area contributed by atoms with E-state index in [9.17, 15) is 9.59 Å². The van der Waals surface area contributed by atoms with Gasteiger partial charge in [-0.2, -0.15) is 0 Å². The normalized spacial score (nSPS) is 16.2. The number of nitrogens with one attached hydrogen (secondary N) is 1. The number of hydrazine groups is 1. The van der Waals surface area contributed by atoms with Crippen LogP contribution < -0.4 is 11.3 Å². The van der Waals surface area contributed by atoms with Gasteiger partial charge in [0, 0.05) is 31.4 Å². The average molecular weight is 262 g/mol. The molecule has 102 valence electrons. The molecule has 6 nitrogen and oxygen atoms in total. The SMILES string of the molecule is CN1CCCN(C(=O)c2ccc(NN)cc2)CC1=O. The molecule has 1 heterocycles. The van der Waals surface area contributed by atoms with E-state index in [1.54, 1.807) is 41.1 Å². The standard InChI is InChI=1S/C13H18N4O2/c1-16-7-2-8-17(9-12(16)18)13(19)10-3-5-11(15-14)6-4-10/h3-6,15H,2,7-9,14H2,1H3. The lowest BCUT2D eigenvalue weighted by molar-refractivity contribution is -0.129. The Morgan fingerprint density at radius 3 is 2.58 bits per heavy atom.